The Labute approximate surface area is 79.2 Å². The van der Waals surface area contributed by atoms with Crippen LogP contribution in [-0.4, -0.2) is 0 Å². The minimum atomic E-state index is 0.327. The highest BCUT2D eigenvalue weighted by Gasteiger charge is 2.05. The Morgan fingerprint density at radius 2 is 2.00 bits per heavy atom. The van der Waals surface area contributed by atoms with Crippen LogP contribution in [0, 0.1) is 0 Å². The third kappa shape index (κ3) is 2.25. The molecule has 0 aliphatic carbocycles. The lowest BCUT2D eigenvalue weighted by Gasteiger charge is -2.10. The number of hydrogen-bond donors (Lipinski definition) is 2. The van der Waals surface area contributed by atoms with Gasteiger partial charge in [-0.1, -0.05) is 19.1 Å². The van der Waals surface area contributed by atoms with E-state index in [-0.39, 0.29) is 0 Å². The molecule has 0 saturated carbocycles. The highest BCUT2D eigenvalue weighted by Crippen LogP contribution is 2.25. The molecule has 0 radical (unpaired) electrons. The van der Waals surface area contributed by atoms with E-state index in [4.69, 9.17) is 11.5 Å². The van der Waals surface area contributed by atoms with E-state index in [0.717, 1.165) is 16.9 Å². The topological polar surface area (TPSA) is 52.0 Å². The second-order valence-electron chi connectivity index (χ2n) is 3.20. The first-order valence-corrected chi connectivity index (χ1v) is 4.43. The first-order chi connectivity index (χ1) is 6.15. The Morgan fingerprint density at radius 3 is 2.62 bits per heavy atom. The normalized spacial score (nSPS) is 13.4. The van der Waals surface area contributed by atoms with Crippen LogP contribution < -0.4 is 11.5 Å². The summed E-state index contributed by atoms with van der Waals surface area (Å²) in [4.78, 5) is 0. The van der Waals surface area contributed by atoms with Gasteiger partial charge in [0.2, 0.25) is 0 Å². The van der Waals surface area contributed by atoms with E-state index in [2.05, 4.69) is 13.0 Å². The Balaban J connectivity index is 3.05. The van der Waals surface area contributed by atoms with Crippen LogP contribution in [0.4, 0.5) is 11.4 Å². The molecule has 0 heterocycles. The summed E-state index contributed by atoms with van der Waals surface area (Å²) in [5.74, 6) is 0.327. The van der Waals surface area contributed by atoms with Crippen molar-refractivity contribution in [1.29, 1.82) is 0 Å². The van der Waals surface area contributed by atoms with Crippen LogP contribution in [0.15, 0.2) is 30.4 Å². The highest BCUT2D eigenvalue weighted by atomic mass is 14.6. The average Bonchev–Trinajstić information content (AvgIpc) is 2.09. The standard InChI is InChI=1S/C11H16N2/c1-3-4-8(2)10-7-9(12)5-6-11(10)13/h3-8H,12-13H2,1-2H3/b4-3+. The maximum atomic E-state index is 5.83. The SMILES string of the molecule is C/C=C/C(C)c1cc(N)ccc1N. The zero-order chi connectivity index (χ0) is 9.84. The molecule has 0 aromatic heterocycles. The van der Waals surface area contributed by atoms with Crippen LogP contribution in [0.3, 0.4) is 0 Å². The van der Waals surface area contributed by atoms with Gasteiger partial charge >= 0.3 is 0 Å². The van der Waals surface area contributed by atoms with Gasteiger partial charge in [0, 0.05) is 17.3 Å². The molecule has 0 fully saturated rings. The van der Waals surface area contributed by atoms with Crippen LogP contribution in [0.1, 0.15) is 25.3 Å². The Bertz CT molecular complexity index is 316. The van der Waals surface area contributed by atoms with Crippen LogP contribution in [0.25, 0.3) is 0 Å². The Hall–Kier alpha value is -1.44. The third-order valence-corrected chi connectivity index (χ3v) is 2.08. The number of benzene rings is 1. The van der Waals surface area contributed by atoms with Crippen LogP contribution in [0.2, 0.25) is 0 Å². The molecular formula is C11H16N2. The summed E-state index contributed by atoms with van der Waals surface area (Å²) < 4.78 is 0. The van der Waals surface area contributed by atoms with Gasteiger partial charge in [0.05, 0.1) is 0 Å². The fraction of sp³-hybridized carbons (Fsp3) is 0.273. The summed E-state index contributed by atoms with van der Waals surface area (Å²) in [5.41, 5.74) is 14.2. The molecular weight excluding hydrogens is 160 g/mol. The van der Waals surface area contributed by atoms with Crippen molar-refractivity contribution in [1.82, 2.24) is 0 Å². The second kappa shape index (κ2) is 3.99. The van der Waals surface area contributed by atoms with Crippen molar-refractivity contribution in [2.45, 2.75) is 19.8 Å². The molecule has 13 heavy (non-hydrogen) atoms. The third-order valence-electron chi connectivity index (χ3n) is 2.08. The quantitative estimate of drug-likeness (QED) is 0.537. The lowest BCUT2D eigenvalue weighted by molar-refractivity contribution is 0.970. The largest absolute Gasteiger partial charge is 0.399 e. The van der Waals surface area contributed by atoms with Crippen molar-refractivity contribution >= 4 is 11.4 Å². The Morgan fingerprint density at radius 1 is 1.31 bits per heavy atom. The van der Waals surface area contributed by atoms with Gasteiger partial charge in [-0.2, -0.15) is 0 Å². The number of hydrogen-bond acceptors (Lipinski definition) is 2. The van der Waals surface area contributed by atoms with Crippen molar-refractivity contribution in [2.75, 3.05) is 11.5 Å². The number of allylic oxidation sites excluding steroid dienone is 2. The van der Waals surface area contributed by atoms with E-state index in [1.165, 1.54) is 0 Å². The van der Waals surface area contributed by atoms with E-state index >= 15 is 0 Å². The van der Waals surface area contributed by atoms with Crippen molar-refractivity contribution < 1.29 is 0 Å². The molecule has 1 rings (SSSR count). The maximum absolute atomic E-state index is 5.83. The smallest absolute Gasteiger partial charge is 0.0354 e. The molecule has 1 aromatic carbocycles. The molecule has 2 nitrogen and oxygen atoms in total. The summed E-state index contributed by atoms with van der Waals surface area (Å²) in [7, 11) is 0. The molecule has 0 aliphatic rings. The van der Waals surface area contributed by atoms with Gasteiger partial charge in [-0.05, 0) is 30.7 Å². The second-order valence-corrected chi connectivity index (χ2v) is 3.20. The van der Waals surface area contributed by atoms with E-state index in [1.807, 2.05) is 31.2 Å². The summed E-state index contributed by atoms with van der Waals surface area (Å²) in [6.07, 6.45) is 4.12. The van der Waals surface area contributed by atoms with Gasteiger partial charge in [0.25, 0.3) is 0 Å². The van der Waals surface area contributed by atoms with Crippen LogP contribution in [0.5, 0.6) is 0 Å². The maximum Gasteiger partial charge on any atom is 0.0354 e. The van der Waals surface area contributed by atoms with Gasteiger partial charge < -0.3 is 11.5 Å². The zero-order valence-corrected chi connectivity index (χ0v) is 8.12. The zero-order valence-electron chi connectivity index (χ0n) is 8.12. The van der Waals surface area contributed by atoms with E-state index in [1.54, 1.807) is 0 Å². The van der Waals surface area contributed by atoms with Gasteiger partial charge in [-0.3, -0.25) is 0 Å². The number of rotatable bonds is 2. The molecule has 0 amide bonds. The fourth-order valence-corrected chi connectivity index (χ4v) is 1.38. The highest BCUT2D eigenvalue weighted by molar-refractivity contribution is 5.57. The van der Waals surface area contributed by atoms with Gasteiger partial charge in [-0.25, -0.2) is 0 Å². The molecule has 0 aliphatic heterocycles. The summed E-state index contributed by atoms with van der Waals surface area (Å²) in [6.45, 7) is 4.10. The first kappa shape index (κ1) is 9.65. The molecule has 4 N–H and O–H groups in total. The summed E-state index contributed by atoms with van der Waals surface area (Å²) >= 11 is 0. The predicted molar refractivity (Wildman–Crippen MR) is 58.5 cm³/mol. The molecule has 1 atom stereocenters. The van der Waals surface area contributed by atoms with Crippen molar-refractivity contribution in [3.8, 4) is 0 Å². The monoisotopic (exact) mass is 176 g/mol. The molecule has 0 bridgehead atoms. The molecule has 2 heteroatoms. The summed E-state index contributed by atoms with van der Waals surface area (Å²) in [6, 6.07) is 5.60. The van der Waals surface area contributed by atoms with Crippen molar-refractivity contribution in [3.63, 3.8) is 0 Å². The Kier molecular flexibility index (Phi) is 2.96. The van der Waals surface area contributed by atoms with Gasteiger partial charge in [0.1, 0.15) is 0 Å². The first-order valence-electron chi connectivity index (χ1n) is 4.43. The van der Waals surface area contributed by atoms with Gasteiger partial charge in [0.15, 0.2) is 0 Å². The van der Waals surface area contributed by atoms with Crippen LogP contribution in [-0.2, 0) is 0 Å². The van der Waals surface area contributed by atoms with Crippen molar-refractivity contribution in [3.05, 3.63) is 35.9 Å². The van der Waals surface area contributed by atoms with Crippen LogP contribution >= 0.6 is 0 Å². The van der Waals surface area contributed by atoms with E-state index in [9.17, 15) is 0 Å². The molecule has 1 aromatic rings. The van der Waals surface area contributed by atoms with Gasteiger partial charge in [-0.15, -0.1) is 0 Å². The number of nitrogens with two attached hydrogens (primary N) is 2. The lowest BCUT2D eigenvalue weighted by Crippen LogP contribution is -1.98. The average molecular weight is 176 g/mol. The predicted octanol–water partition coefficient (Wildman–Crippen LogP) is 2.53. The minimum absolute atomic E-state index is 0.327. The summed E-state index contributed by atoms with van der Waals surface area (Å²) in [5, 5.41) is 0. The van der Waals surface area contributed by atoms with E-state index in [0.29, 0.717) is 5.92 Å². The van der Waals surface area contributed by atoms with Crippen molar-refractivity contribution in [2.24, 2.45) is 0 Å². The van der Waals surface area contributed by atoms with E-state index < -0.39 is 0 Å². The number of anilines is 2. The minimum Gasteiger partial charge on any atom is -0.399 e. The molecule has 70 valence electrons. The fourth-order valence-electron chi connectivity index (χ4n) is 1.38. The molecule has 1 unspecified atom stereocenters. The number of nitrogen functional groups attached to an aromatic ring is 2. The molecule has 0 spiro atoms. The molecule has 0 saturated heterocycles. The lowest BCUT2D eigenvalue weighted by atomic mass is 9.98.